The maximum absolute atomic E-state index is 11.8. The number of carbonyl (C=O) groups excluding carboxylic acids is 3. The number of thiophene rings is 1. The van der Waals surface area contributed by atoms with Crippen LogP contribution in [0.15, 0.2) is 29.6 Å². The normalized spacial score (nSPS) is 10.2. The first-order valence-electron chi connectivity index (χ1n) is 6.63. The lowest BCUT2D eigenvalue weighted by molar-refractivity contribution is -0.146. The molecule has 0 fully saturated rings. The molecule has 0 aliphatic heterocycles. The van der Waals surface area contributed by atoms with Crippen LogP contribution in [0.3, 0.4) is 0 Å². The van der Waals surface area contributed by atoms with Crippen molar-refractivity contribution in [2.75, 3.05) is 11.9 Å². The van der Waals surface area contributed by atoms with Crippen LogP contribution in [-0.2, 0) is 20.7 Å². The number of rotatable bonds is 6. The fourth-order valence-corrected chi connectivity index (χ4v) is 2.91. The number of anilines is 1. The Labute approximate surface area is 151 Å². The van der Waals surface area contributed by atoms with Gasteiger partial charge >= 0.3 is 5.97 Å². The molecular weight excluding hydrogens is 375 g/mol. The Morgan fingerprint density at radius 2 is 1.92 bits per heavy atom. The number of hydrogen-bond acceptors (Lipinski definition) is 5. The van der Waals surface area contributed by atoms with E-state index in [9.17, 15) is 14.4 Å². The summed E-state index contributed by atoms with van der Waals surface area (Å²) >= 11 is 12.8. The molecule has 126 valence electrons. The minimum atomic E-state index is -0.650. The Hall–Kier alpha value is -2.09. The van der Waals surface area contributed by atoms with Crippen LogP contribution in [0.5, 0.6) is 0 Å². The van der Waals surface area contributed by atoms with Crippen LogP contribution < -0.4 is 11.1 Å². The van der Waals surface area contributed by atoms with Gasteiger partial charge in [0, 0.05) is 0 Å². The predicted molar refractivity (Wildman–Crippen MR) is 92.6 cm³/mol. The van der Waals surface area contributed by atoms with Crippen molar-refractivity contribution in [2.45, 2.75) is 6.42 Å². The Bertz CT molecular complexity index is 792. The van der Waals surface area contributed by atoms with Gasteiger partial charge in [-0.1, -0.05) is 29.3 Å². The minimum Gasteiger partial charge on any atom is -0.455 e. The fourth-order valence-electron chi connectivity index (χ4n) is 1.78. The molecule has 0 unspecified atom stereocenters. The highest BCUT2D eigenvalue weighted by Gasteiger charge is 2.14. The molecule has 0 atom stereocenters. The average Bonchev–Trinajstić information content (AvgIpc) is 2.97. The van der Waals surface area contributed by atoms with Gasteiger partial charge in [-0.05, 0) is 29.1 Å². The summed E-state index contributed by atoms with van der Waals surface area (Å²) < 4.78 is 4.89. The van der Waals surface area contributed by atoms with Gasteiger partial charge in [0.05, 0.1) is 22.0 Å². The van der Waals surface area contributed by atoms with Gasteiger partial charge in [-0.2, -0.15) is 0 Å². The van der Waals surface area contributed by atoms with E-state index in [1.54, 1.807) is 23.6 Å². The van der Waals surface area contributed by atoms with Crippen LogP contribution in [-0.4, -0.2) is 24.4 Å². The molecule has 0 aliphatic rings. The molecule has 2 aromatic rings. The first-order chi connectivity index (χ1) is 11.4. The summed E-state index contributed by atoms with van der Waals surface area (Å²) in [7, 11) is 0. The fraction of sp³-hybridized carbons (Fsp3) is 0.133. The van der Waals surface area contributed by atoms with Gasteiger partial charge in [-0.3, -0.25) is 14.4 Å². The number of nitrogens with one attached hydrogen (secondary N) is 1. The number of benzene rings is 1. The van der Waals surface area contributed by atoms with Crippen molar-refractivity contribution in [1.29, 1.82) is 0 Å². The topological polar surface area (TPSA) is 98.5 Å². The van der Waals surface area contributed by atoms with Crippen molar-refractivity contribution < 1.29 is 19.1 Å². The zero-order chi connectivity index (χ0) is 17.7. The highest BCUT2D eigenvalue weighted by molar-refractivity contribution is 7.14. The first kappa shape index (κ1) is 18.3. The van der Waals surface area contributed by atoms with Gasteiger partial charge in [-0.25, -0.2) is 0 Å². The highest BCUT2D eigenvalue weighted by Crippen LogP contribution is 2.23. The van der Waals surface area contributed by atoms with E-state index in [0.29, 0.717) is 20.6 Å². The van der Waals surface area contributed by atoms with Gasteiger partial charge < -0.3 is 15.8 Å². The maximum Gasteiger partial charge on any atom is 0.310 e. The number of hydrogen-bond donors (Lipinski definition) is 2. The second-order valence-corrected chi connectivity index (χ2v) is 6.39. The Kier molecular flexibility index (Phi) is 6.19. The Morgan fingerprint density at radius 3 is 2.58 bits per heavy atom. The molecule has 1 aromatic heterocycles. The van der Waals surface area contributed by atoms with Crippen molar-refractivity contribution >= 4 is 57.3 Å². The van der Waals surface area contributed by atoms with Crippen LogP contribution in [0.4, 0.5) is 5.00 Å². The minimum absolute atomic E-state index is 0.0459. The van der Waals surface area contributed by atoms with E-state index in [-0.39, 0.29) is 12.0 Å². The Morgan fingerprint density at radius 1 is 1.17 bits per heavy atom. The molecule has 2 amide bonds. The van der Waals surface area contributed by atoms with Gasteiger partial charge in [0.1, 0.15) is 5.00 Å². The number of primary amides is 1. The molecule has 1 aromatic carbocycles. The molecule has 0 saturated carbocycles. The third-order valence-electron chi connectivity index (χ3n) is 2.88. The molecule has 0 bridgehead atoms. The van der Waals surface area contributed by atoms with Crippen LogP contribution in [0, 0.1) is 0 Å². The predicted octanol–water partition coefficient (Wildman–Crippen LogP) is 2.88. The smallest absolute Gasteiger partial charge is 0.310 e. The van der Waals surface area contributed by atoms with Crippen LogP contribution in [0.25, 0.3) is 0 Å². The van der Waals surface area contributed by atoms with Crippen molar-refractivity contribution in [2.24, 2.45) is 5.73 Å². The number of amides is 2. The highest BCUT2D eigenvalue weighted by atomic mass is 35.5. The zero-order valence-electron chi connectivity index (χ0n) is 12.2. The van der Waals surface area contributed by atoms with Gasteiger partial charge in [0.2, 0.25) is 0 Å². The molecule has 0 aliphatic carbocycles. The molecule has 2 rings (SSSR count). The summed E-state index contributed by atoms with van der Waals surface area (Å²) in [6.07, 6.45) is -0.0459. The number of ether oxygens (including phenoxy) is 1. The largest absolute Gasteiger partial charge is 0.455 e. The number of halogens is 2. The van der Waals surface area contributed by atoms with E-state index in [1.165, 1.54) is 6.07 Å². The van der Waals surface area contributed by atoms with Gasteiger partial charge in [-0.15, -0.1) is 11.3 Å². The SMILES string of the molecule is NC(=O)c1ccsc1NC(=O)COC(=O)Cc1ccc(Cl)c(Cl)c1. The van der Waals surface area contributed by atoms with Crippen LogP contribution in [0.1, 0.15) is 15.9 Å². The van der Waals surface area contributed by atoms with E-state index < -0.39 is 24.4 Å². The molecular formula is C15H12Cl2N2O4S. The van der Waals surface area contributed by atoms with Gasteiger partial charge in [0.25, 0.3) is 11.8 Å². The van der Waals surface area contributed by atoms with Gasteiger partial charge in [0.15, 0.2) is 6.61 Å². The van der Waals surface area contributed by atoms with E-state index in [4.69, 9.17) is 33.7 Å². The molecule has 6 nitrogen and oxygen atoms in total. The van der Waals surface area contributed by atoms with Crippen LogP contribution in [0.2, 0.25) is 10.0 Å². The van der Waals surface area contributed by atoms with E-state index >= 15 is 0 Å². The van der Waals surface area contributed by atoms with E-state index in [1.807, 2.05) is 0 Å². The van der Waals surface area contributed by atoms with Crippen LogP contribution >= 0.6 is 34.5 Å². The first-order valence-corrected chi connectivity index (χ1v) is 8.27. The molecule has 24 heavy (non-hydrogen) atoms. The second-order valence-electron chi connectivity index (χ2n) is 4.66. The molecule has 0 spiro atoms. The Balaban J connectivity index is 1.84. The third kappa shape index (κ3) is 4.95. The lowest BCUT2D eigenvalue weighted by Crippen LogP contribution is -2.22. The molecule has 0 radical (unpaired) electrons. The second kappa shape index (κ2) is 8.14. The number of nitrogens with two attached hydrogens (primary N) is 1. The van der Waals surface area contributed by atoms with Crippen molar-refractivity contribution in [1.82, 2.24) is 0 Å². The van der Waals surface area contributed by atoms with Crippen molar-refractivity contribution in [3.63, 3.8) is 0 Å². The monoisotopic (exact) mass is 386 g/mol. The average molecular weight is 387 g/mol. The summed E-state index contributed by atoms with van der Waals surface area (Å²) in [5.74, 6) is -1.81. The van der Waals surface area contributed by atoms with E-state index in [2.05, 4.69) is 5.32 Å². The van der Waals surface area contributed by atoms with Crippen molar-refractivity contribution in [3.8, 4) is 0 Å². The summed E-state index contributed by atoms with van der Waals surface area (Å²) in [6, 6.07) is 6.26. The third-order valence-corrected chi connectivity index (χ3v) is 4.45. The molecule has 3 N–H and O–H groups in total. The zero-order valence-corrected chi connectivity index (χ0v) is 14.5. The number of carbonyl (C=O) groups is 3. The summed E-state index contributed by atoms with van der Waals surface area (Å²) in [5, 5.41) is 5.11. The van der Waals surface area contributed by atoms with Crippen molar-refractivity contribution in [3.05, 3.63) is 50.8 Å². The lowest BCUT2D eigenvalue weighted by atomic mass is 10.1. The summed E-state index contributed by atoms with van der Waals surface area (Å²) in [5.41, 5.74) is 6.00. The summed E-state index contributed by atoms with van der Waals surface area (Å²) in [6.45, 7) is -0.476. The quantitative estimate of drug-likeness (QED) is 0.745. The standard InChI is InChI=1S/C15H12Cl2N2O4S/c16-10-2-1-8(5-11(10)17)6-13(21)23-7-12(20)19-15-9(14(18)22)3-4-24-15/h1-5H,6-7H2,(H2,18,22)(H,19,20). The molecule has 9 heteroatoms. The molecule has 0 saturated heterocycles. The maximum atomic E-state index is 11.8. The summed E-state index contributed by atoms with van der Waals surface area (Å²) in [4.78, 5) is 34.7. The lowest BCUT2D eigenvalue weighted by Gasteiger charge is -2.07. The molecule has 1 heterocycles. The number of esters is 1. The van der Waals surface area contributed by atoms with E-state index in [0.717, 1.165) is 11.3 Å².